The van der Waals surface area contributed by atoms with E-state index in [1.165, 1.54) is 6.07 Å². The zero-order valence-corrected chi connectivity index (χ0v) is 16.9. The van der Waals surface area contributed by atoms with Crippen LogP contribution in [0.4, 0.5) is 4.39 Å². The smallest absolute Gasteiger partial charge is 0.219 e. The van der Waals surface area contributed by atoms with Gasteiger partial charge in [0.25, 0.3) is 0 Å². The Morgan fingerprint density at radius 3 is 2.62 bits per heavy atom. The molecule has 4 rings (SSSR count). The molecule has 1 aromatic heterocycles. The predicted molar refractivity (Wildman–Crippen MR) is 111 cm³/mol. The average Bonchev–Trinajstić information content (AvgIpc) is 3.39. The molecule has 2 aromatic carbocycles. The molecule has 1 aliphatic carbocycles. The van der Waals surface area contributed by atoms with E-state index in [1.807, 2.05) is 35.9 Å². The first-order valence-corrected chi connectivity index (χ1v) is 10.2. The summed E-state index contributed by atoms with van der Waals surface area (Å²) in [6.07, 6.45) is 5.02. The molecule has 1 fully saturated rings. The van der Waals surface area contributed by atoms with Gasteiger partial charge in [-0.25, -0.2) is 9.07 Å². The maximum atomic E-state index is 13.4. The van der Waals surface area contributed by atoms with Crippen molar-refractivity contribution in [2.75, 3.05) is 0 Å². The second-order valence-electron chi connectivity index (χ2n) is 7.35. The van der Waals surface area contributed by atoms with Gasteiger partial charge in [0.05, 0.1) is 23.0 Å². The molecule has 0 spiro atoms. The lowest BCUT2D eigenvalue weighted by molar-refractivity contribution is -0.121. The third-order valence-corrected chi connectivity index (χ3v) is 5.74. The number of nitrogens with one attached hydrogen (secondary N) is 1. The highest BCUT2D eigenvalue weighted by atomic mass is 35.5. The third-order valence-electron chi connectivity index (χ3n) is 5.45. The van der Waals surface area contributed by atoms with Gasteiger partial charge in [0.15, 0.2) is 0 Å². The van der Waals surface area contributed by atoms with E-state index in [2.05, 4.69) is 15.6 Å². The summed E-state index contributed by atoms with van der Waals surface area (Å²) in [5, 5.41) is 11.6. The number of carbonyl (C=O) groups excluding carboxylic acids is 1. The van der Waals surface area contributed by atoms with Gasteiger partial charge in [0, 0.05) is 18.0 Å². The lowest BCUT2D eigenvalue weighted by atomic mass is 10.0. The second kappa shape index (κ2) is 8.33. The van der Waals surface area contributed by atoms with Crippen molar-refractivity contribution in [2.24, 2.45) is 0 Å². The minimum Gasteiger partial charge on any atom is -0.353 e. The molecule has 0 aliphatic heterocycles. The fraction of sp³-hybridized carbons (Fsp3) is 0.318. The van der Waals surface area contributed by atoms with Gasteiger partial charge in [-0.1, -0.05) is 54.1 Å². The Hall–Kier alpha value is -2.73. The molecule has 1 amide bonds. The highest BCUT2D eigenvalue weighted by Crippen LogP contribution is 2.34. The van der Waals surface area contributed by atoms with Crippen LogP contribution < -0.4 is 5.32 Å². The Bertz CT molecular complexity index is 1020. The summed E-state index contributed by atoms with van der Waals surface area (Å²) in [7, 11) is 0. The highest BCUT2D eigenvalue weighted by molar-refractivity contribution is 6.31. The van der Waals surface area contributed by atoms with Crippen molar-refractivity contribution in [1.29, 1.82) is 0 Å². The maximum absolute atomic E-state index is 13.4. The molecule has 0 radical (unpaired) electrons. The first-order chi connectivity index (χ1) is 14.0. The molecule has 1 aliphatic rings. The van der Waals surface area contributed by atoms with Crippen molar-refractivity contribution >= 4 is 17.5 Å². The van der Waals surface area contributed by atoms with Gasteiger partial charge in [-0.05, 0) is 42.5 Å². The number of carbonyl (C=O) groups is 1. The van der Waals surface area contributed by atoms with Gasteiger partial charge < -0.3 is 5.32 Å². The van der Waals surface area contributed by atoms with Crippen molar-refractivity contribution in [2.45, 2.75) is 44.7 Å². The summed E-state index contributed by atoms with van der Waals surface area (Å²) in [4.78, 5) is 11.7. The molecule has 150 valence electrons. The first kappa shape index (κ1) is 19.6. The van der Waals surface area contributed by atoms with Crippen LogP contribution in [0.15, 0.2) is 48.7 Å². The van der Waals surface area contributed by atoms with Gasteiger partial charge in [0.1, 0.15) is 5.82 Å². The number of hydrogen-bond acceptors (Lipinski definition) is 3. The summed E-state index contributed by atoms with van der Waals surface area (Å²) >= 11 is 5.90. The van der Waals surface area contributed by atoms with Crippen LogP contribution in [0.2, 0.25) is 5.02 Å². The van der Waals surface area contributed by atoms with E-state index >= 15 is 0 Å². The van der Waals surface area contributed by atoms with E-state index in [-0.39, 0.29) is 23.0 Å². The molecular weight excluding hydrogens is 391 g/mol. The molecule has 5 nitrogen and oxygen atoms in total. The summed E-state index contributed by atoms with van der Waals surface area (Å²) < 4.78 is 15.4. The number of rotatable bonds is 5. The zero-order valence-electron chi connectivity index (χ0n) is 16.1. The van der Waals surface area contributed by atoms with E-state index in [1.54, 1.807) is 18.3 Å². The molecule has 29 heavy (non-hydrogen) atoms. The molecule has 7 heteroatoms. The second-order valence-corrected chi connectivity index (χ2v) is 7.76. The van der Waals surface area contributed by atoms with Crippen LogP contribution in [0.3, 0.4) is 0 Å². The summed E-state index contributed by atoms with van der Waals surface area (Å²) in [5.74, 6) is -0.335. The largest absolute Gasteiger partial charge is 0.353 e. The van der Waals surface area contributed by atoms with E-state index in [4.69, 9.17) is 11.6 Å². The van der Waals surface area contributed by atoms with Crippen molar-refractivity contribution in [1.82, 2.24) is 20.3 Å². The molecule has 1 heterocycles. The van der Waals surface area contributed by atoms with Crippen molar-refractivity contribution in [3.63, 3.8) is 0 Å². The molecule has 2 unspecified atom stereocenters. The fourth-order valence-corrected chi connectivity index (χ4v) is 4.05. The lowest BCUT2D eigenvalue weighted by Crippen LogP contribution is -2.32. The number of amides is 1. The average molecular weight is 413 g/mol. The molecular formula is C22H22ClFN4O. The number of benzene rings is 2. The minimum atomic E-state index is -0.424. The molecule has 2 atom stereocenters. The Balaban J connectivity index is 1.52. The first-order valence-electron chi connectivity index (χ1n) is 9.80. The standard InChI is InChI=1S/C22H22ClFN4O/c1-2-22(29)26-17-8-9-18(12-17)28-21(13-25-27-28)15-5-3-14(4-6-15)16-7-10-20(24)19(23)11-16/h3-7,10-11,13,17-18H,2,8-9,12H2,1H3,(H,26,29). The van der Waals surface area contributed by atoms with Crippen LogP contribution in [0, 0.1) is 5.82 Å². The third kappa shape index (κ3) is 4.17. The number of halogens is 2. The van der Waals surface area contributed by atoms with Gasteiger partial charge in [0.2, 0.25) is 5.91 Å². The number of aromatic nitrogens is 3. The van der Waals surface area contributed by atoms with Crippen molar-refractivity contribution in [3.8, 4) is 22.4 Å². The van der Waals surface area contributed by atoms with E-state index in [0.717, 1.165) is 41.6 Å². The van der Waals surface area contributed by atoms with Crippen LogP contribution in [0.1, 0.15) is 38.6 Å². The van der Waals surface area contributed by atoms with Gasteiger partial charge in [-0.3, -0.25) is 4.79 Å². The fourth-order valence-electron chi connectivity index (χ4n) is 3.87. The molecule has 1 saturated carbocycles. The van der Waals surface area contributed by atoms with Crippen LogP contribution in [-0.4, -0.2) is 26.9 Å². The summed E-state index contributed by atoms with van der Waals surface area (Å²) in [6.45, 7) is 1.86. The van der Waals surface area contributed by atoms with E-state index in [9.17, 15) is 9.18 Å². The Labute approximate surface area is 173 Å². The summed E-state index contributed by atoms with van der Waals surface area (Å²) in [6, 6.07) is 13.1. The molecule has 1 N–H and O–H groups in total. The van der Waals surface area contributed by atoms with Gasteiger partial charge >= 0.3 is 0 Å². The number of hydrogen-bond donors (Lipinski definition) is 1. The van der Waals surface area contributed by atoms with Crippen LogP contribution in [-0.2, 0) is 4.79 Å². The van der Waals surface area contributed by atoms with Crippen molar-refractivity contribution < 1.29 is 9.18 Å². The molecule has 3 aromatic rings. The van der Waals surface area contributed by atoms with E-state index < -0.39 is 5.82 Å². The Morgan fingerprint density at radius 2 is 1.90 bits per heavy atom. The summed E-state index contributed by atoms with van der Waals surface area (Å²) in [5.41, 5.74) is 3.77. The zero-order chi connectivity index (χ0) is 20.4. The SMILES string of the molecule is CCC(=O)NC1CCC(n2nncc2-c2ccc(-c3ccc(F)c(Cl)c3)cc2)C1. The normalized spacial score (nSPS) is 18.7. The van der Waals surface area contributed by atoms with Gasteiger partial charge in [-0.2, -0.15) is 0 Å². The van der Waals surface area contributed by atoms with E-state index in [0.29, 0.717) is 6.42 Å². The highest BCUT2D eigenvalue weighted by Gasteiger charge is 2.29. The molecule has 0 bridgehead atoms. The number of nitrogens with zero attached hydrogens (tertiary/aromatic N) is 3. The van der Waals surface area contributed by atoms with Crippen LogP contribution >= 0.6 is 11.6 Å². The van der Waals surface area contributed by atoms with Crippen LogP contribution in [0.25, 0.3) is 22.4 Å². The molecule has 0 saturated heterocycles. The maximum Gasteiger partial charge on any atom is 0.219 e. The van der Waals surface area contributed by atoms with Gasteiger partial charge in [-0.15, -0.1) is 5.10 Å². The quantitative estimate of drug-likeness (QED) is 0.639. The topological polar surface area (TPSA) is 59.8 Å². The Kier molecular flexibility index (Phi) is 5.62. The van der Waals surface area contributed by atoms with Crippen molar-refractivity contribution in [3.05, 3.63) is 59.5 Å². The minimum absolute atomic E-state index is 0.0888. The predicted octanol–water partition coefficient (Wildman–Crippen LogP) is 5.02. The lowest BCUT2D eigenvalue weighted by Gasteiger charge is -2.15. The monoisotopic (exact) mass is 412 g/mol. The van der Waals surface area contributed by atoms with Crippen LogP contribution in [0.5, 0.6) is 0 Å². The Morgan fingerprint density at radius 1 is 1.17 bits per heavy atom.